The molecule has 0 unspecified atom stereocenters. The van der Waals surface area contributed by atoms with Crippen molar-refractivity contribution < 1.29 is 14.0 Å². The Hall–Kier alpha value is -1.75. The van der Waals surface area contributed by atoms with Crippen LogP contribution in [0.4, 0.5) is 4.39 Å². The number of aliphatic hydroxyl groups is 1. The summed E-state index contributed by atoms with van der Waals surface area (Å²) < 4.78 is 17.5. The predicted octanol–water partition coefficient (Wildman–Crippen LogP) is 1.29. The molecule has 0 spiro atoms. The number of hydrogen-bond donors (Lipinski definition) is 1. The molecule has 1 aromatic heterocycles. The third-order valence-electron chi connectivity index (χ3n) is 1.90. The molecule has 0 atom stereocenters. The van der Waals surface area contributed by atoms with Crippen LogP contribution < -0.4 is 0 Å². The molecule has 0 aliphatic heterocycles. The van der Waals surface area contributed by atoms with Crippen molar-refractivity contribution in [1.82, 2.24) is 10.1 Å². The molecule has 1 aromatic carbocycles. The second-order valence-electron chi connectivity index (χ2n) is 3.07. The highest BCUT2D eigenvalue weighted by Crippen LogP contribution is 2.08. The van der Waals surface area contributed by atoms with Crippen molar-refractivity contribution in [2.45, 2.75) is 13.0 Å². The van der Waals surface area contributed by atoms with E-state index in [0.717, 1.165) is 5.56 Å². The van der Waals surface area contributed by atoms with Gasteiger partial charge >= 0.3 is 0 Å². The van der Waals surface area contributed by atoms with Gasteiger partial charge in [-0.05, 0) is 17.7 Å². The first-order valence-corrected chi connectivity index (χ1v) is 4.44. The molecule has 1 heterocycles. The highest BCUT2D eigenvalue weighted by atomic mass is 19.1. The van der Waals surface area contributed by atoms with E-state index >= 15 is 0 Å². The molecule has 0 saturated carbocycles. The Bertz CT molecular complexity index is 456. The highest BCUT2D eigenvalue weighted by molar-refractivity contribution is 5.19. The summed E-state index contributed by atoms with van der Waals surface area (Å²) in [6.45, 7) is -0.282. The summed E-state index contributed by atoms with van der Waals surface area (Å²) in [4.78, 5) is 3.90. The summed E-state index contributed by atoms with van der Waals surface area (Å²) in [5.74, 6) is 0.310. The van der Waals surface area contributed by atoms with E-state index < -0.39 is 0 Å². The first-order chi connectivity index (χ1) is 7.28. The Balaban J connectivity index is 2.14. The van der Waals surface area contributed by atoms with E-state index in [4.69, 9.17) is 9.63 Å². The summed E-state index contributed by atoms with van der Waals surface area (Å²) in [5.41, 5.74) is 0.764. The summed E-state index contributed by atoms with van der Waals surface area (Å²) in [7, 11) is 0. The number of nitrogens with zero attached hydrogens (tertiary/aromatic N) is 2. The second kappa shape index (κ2) is 4.18. The van der Waals surface area contributed by atoms with Crippen LogP contribution in [-0.4, -0.2) is 15.2 Å². The molecular weight excluding hydrogens is 199 g/mol. The van der Waals surface area contributed by atoms with E-state index in [-0.39, 0.29) is 18.3 Å². The van der Waals surface area contributed by atoms with E-state index in [0.29, 0.717) is 12.2 Å². The lowest BCUT2D eigenvalue weighted by atomic mass is 10.1. The largest absolute Gasteiger partial charge is 0.387 e. The van der Waals surface area contributed by atoms with E-state index in [1.54, 1.807) is 12.1 Å². The van der Waals surface area contributed by atoms with Crippen molar-refractivity contribution in [1.29, 1.82) is 0 Å². The SMILES string of the molecule is OCc1nc(Cc2cccc(F)c2)no1. The van der Waals surface area contributed by atoms with E-state index in [1.165, 1.54) is 12.1 Å². The molecule has 0 aliphatic rings. The highest BCUT2D eigenvalue weighted by Gasteiger charge is 2.06. The van der Waals surface area contributed by atoms with Crippen LogP contribution in [0.1, 0.15) is 17.3 Å². The van der Waals surface area contributed by atoms with Crippen LogP contribution in [-0.2, 0) is 13.0 Å². The minimum Gasteiger partial charge on any atom is -0.387 e. The van der Waals surface area contributed by atoms with Crippen molar-refractivity contribution in [3.05, 3.63) is 47.4 Å². The maximum atomic E-state index is 12.8. The predicted molar refractivity (Wildman–Crippen MR) is 49.4 cm³/mol. The normalized spacial score (nSPS) is 10.5. The van der Waals surface area contributed by atoms with Gasteiger partial charge in [0.1, 0.15) is 12.4 Å². The molecular formula is C10H9FN2O2. The second-order valence-corrected chi connectivity index (χ2v) is 3.07. The van der Waals surface area contributed by atoms with Gasteiger partial charge in [-0.25, -0.2) is 4.39 Å². The van der Waals surface area contributed by atoms with E-state index in [1.807, 2.05) is 0 Å². The number of halogens is 1. The minimum absolute atomic E-state index is 0.168. The molecule has 4 nitrogen and oxygen atoms in total. The number of rotatable bonds is 3. The van der Waals surface area contributed by atoms with Crippen molar-refractivity contribution >= 4 is 0 Å². The van der Waals surface area contributed by atoms with Crippen LogP contribution in [0.3, 0.4) is 0 Å². The zero-order chi connectivity index (χ0) is 10.7. The maximum Gasteiger partial charge on any atom is 0.252 e. The van der Waals surface area contributed by atoms with Crippen LogP contribution in [0.5, 0.6) is 0 Å². The Morgan fingerprint density at radius 1 is 1.40 bits per heavy atom. The van der Waals surface area contributed by atoms with E-state index in [2.05, 4.69) is 10.1 Å². The molecule has 1 N–H and O–H groups in total. The molecule has 0 radical (unpaired) electrons. The monoisotopic (exact) mass is 208 g/mol. The first kappa shape index (κ1) is 9.79. The van der Waals surface area contributed by atoms with E-state index in [9.17, 15) is 4.39 Å². The van der Waals surface area contributed by atoms with Crippen LogP contribution in [0.25, 0.3) is 0 Å². The molecule has 2 rings (SSSR count). The van der Waals surface area contributed by atoms with Crippen molar-refractivity contribution in [2.75, 3.05) is 0 Å². The Morgan fingerprint density at radius 2 is 2.27 bits per heavy atom. The van der Waals surface area contributed by atoms with Gasteiger partial charge in [0, 0.05) is 6.42 Å². The van der Waals surface area contributed by atoms with Gasteiger partial charge in [0.05, 0.1) is 0 Å². The van der Waals surface area contributed by atoms with Gasteiger partial charge < -0.3 is 9.63 Å². The summed E-state index contributed by atoms with van der Waals surface area (Å²) >= 11 is 0. The number of aliphatic hydroxyl groups excluding tert-OH is 1. The molecule has 15 heavy (non-hydrogen) atoms. The lowest BCUT2D eigenvalue weighted by Gasteiger charge is -1.95. The lowest BCUT2D eigenvalue weighted by Crippen LogP contribution is -1.92. The fraction of sp³-hybridized carbons (Fsp3) is 0.200. The molecule has 5 heteroatoms. The summed E-state index contributed by atoms with van der Waals surface area (Å²) in [6, 6.07) is 6.18. The smallest absolute Gasteiger partial charge is 0.252 e. The Kier molecular flexibility index (Phi) is 2.73. The van der Waals surface area contributed by atoms with Crippen LogP contribution >= 0.6 is 0 Å². The zero-order valence-corrected chi connectivity index (χ0v) is 7.85. The van der Waals surface area contributed by atoms with Crippen LogP contribution in [0.15, 0.2) is 28.8 Å². The fourth-order valence-electron chi connectivity index (χ4n) is 1.26. The third-order valence-corrected chi connectivity index (χ3v) is 1.90. The van der Waals surface area contributed by atoms with Crippen molar-refractivity contribution in [3.8, 4) is 0 Å². The van der Waals surface area contributed by atoms with Crippen molar-refractivity contribution in [3.63, 3.8) is 0 Å². The summed E-state index contributed by atoms with van der Waals surface area (Å²) in [5, 5.41) is 12.3. The quantitative estimate of drug-likeness (QED) is 0.825. The maximum absolute atomic E-state index is 12.8. The number of benzene rings is 1. The molecule has 0 fully saturated rings. The first-order valence-electron chi connectivity index (χ1n) is 4.44. The van der Waals surface area contributed by atoms with Crippen LogP contribution in [0.2, 0.25) is 0 Å². The average Bonchev–Trinajstić information content (AvgIpc) is 2.65. The van der Waals surface area contributed by atoms with Gasteiger partial charge in [0.25, 0.3) is 5.89 Å². The number of hydrogen-bond acceptors (Lipinski definition) is 4. The lowest BCUT2D eigenvalue weighted by molar-refractivity contribution is 0.222. The van der Waals surface area contributed by atoms with Crippen LogP contribution in [0, 0.1) is 5.82 Å². The minimum atomic E-state index is -0.293. The fourth-order valence-corrected chi connectivity index (χ4v) is 1.26. The average molecular weight is 208 g/mol. The molecule has 0 bridgehead atoms. The molecule has 0 aliphatic carbocycles. The molecule has 78 valence electrons. The van der Waals surface area contributed by atoms with Crippen molar-refractivity contribution in [2.24, 2.45) is 0 Å². The Morgan fingerprint density at radius 3 is 2.93 bits per heavy atom. The molecule has 0 saturated heterocycles. The van der Waals surface area contributed by atoms with Gasteiger partial charge in [-0.15, -0.1) is 0 Å². The molecule has 2 aromatic rings. The topological polar surface area (TPSA) is 59.2 Å². The number of aromatic nitrogens is 2. The van der Waals surface area contributed by atoms with Gasteiger partial charge in [-0.1, -0.05) is 17.3 Å². The third kappa shape index (κ3) is 2.38. The van der Waals surface area contributed by atoms with Gasteiger partial charge in [-0.3, -0.25) is 0 Å². The molecule has 0 amide bonds. The van der Waals surface area contributed by atoms with Gasteiger partial charge in [-0.2, -0.15) is 4.98 Å². The van der Waals surface area contributed by atoms with Gasteiger partial charge in [0.15, 0.2) is 5.82 Å². The Labute approximate surface area is 85.4 Å². The standard InChI is InChI=1S/C10H9FN2O2/c11-8-3-1-2-7(4-8)5-9-12-10(6-14)15-13-9/h1-4,14H,5-6H2. The van der Waals surface area contributed by atoms with Gasteiger partial charge in [0.2, 0.25) is 0 Å². The zero-order valence-electron chi connectivity index (χ0n) is 7.85. The summed E-state index contributed by atoms with van der Waals surface area (Å²) in [6.07, 6.45) is 0.390.